The summed E-state index contributed by atoms with van der Waals surface area (Å²) in [4.78, 5) is 37.6. The Balaban J connectivity index is 4.46. The topological polar surface area (TPSA) is 78.9 Å². The lowest BCUT2D eigenvalue weighted by atomic mass is 10.1. The zero-order valence-corrected chi connectivity index (χ0v) is 37.3. The van der Waals surface area contributed by atoms with Gasteiger partial charge in [0.2, 0.25) is 0 Å². The quantitative estimate of drug-likeness (QED) is 0.0266. The molecule has 1 atom stereocenters. The summed E-state index contributed by atoms with van der Waals surface area (Å²) in [7, 11) is 0. The van der Waals surface area contributed by atoms with Gasteiger partial charge < -0.3 is 14.2 Å². The van der Waals surface area contributed by atoms with E-state index in [-0.39, 0.29) is 37.5 Å². The van der Waals surface area contributed by atoms with Crippen LogP contribution in [0.25, 0.3) is 0 Å². The minimum absolute atomic E-state index is 0.108. The fourth-order valence-corrected chi connectivity index (χ4v) is 5.83. The monoisotopic (exact) mass is 805 g/mol. The van der Waals surface area contributed by atoms with Crippen molar-refractivity contribution in [3.8, 4) is 0 Å². The molecule has 0 aromatic heterocycles. The van der Waals surface area contributed by atoms with Crippen molar-refractivity contribution in [2.24, 2.45) is 0 Å². The number of carbonyl (C=O) groups excluding carboxylic acids is 3. The van der Waals surface area contributed by atoms with E-state index in [2.05, 4.69) is 106 Å². The number of ether oxygens (including phenoxy) is 3. The fourth-order valence-electron chi connectivity index (χ4n) is 5.83. The normalized spacial score (nSPS) is 12.9. The molecule has 0 aliphatic carbocycles. The summed E-state index contributed by atoms with van der Waals surface area (Å²) in [5, 5.41) is 0. The summed E-state index contributed by atoms with van der Waals surface area (Å²) in [6.45, 7) is 6.33. The predicted molar refractivity (Wildman–Crippen MR) is 247 cm³/mol. The maximum absolute atomic E-state index is 12.7. The number of esters is 3. The molecule has 0 aromatic rings. The van der Waals surface area contributed by atoms with Crippen LogP contribution in [0.3, 0.4) is 0 Å². The first-order valence-electron chi connectivity index (χ1n) is 23.2. The molecule has 0 fully saturated rings. The SMILES string of the molecule is CC/C=C\C/C=C\C/C=C\C/C=C\C/C=C\C/C=C\CCC(=O)OCC(COC(=O)CCCCCCCCC)OC(=O)CCCCCCC/C=C\C/C=C\CCCC. The zero-order valence-electron chi connectivity index (χ0n) is 37.3. The maximum atomic E-state index is 12.7. The van der Waals surface area contributed by atoms with Crippen LogP contribution in [-0.4, -0.2) is 37.2 Å². The van der Waals surface area contributed by atoms with Crippen LogP contribution in [0, 0.1) is 0 Å². The van der Waals surface area contributed by atoms with Gasteiger partial charge in [-0.05, 0) is 83.5 Å². The zero-order chi connectivity index (χ0) is 42.3. The van der Waals surface area contributed by atoms with Crippen molar-refractivity contribution in [2.75, 3.05) is 13.2 Å². The Morgan fingerprint density at radius 1 is 0.362 bits per heavy atom. The first-order chi connectivity index (χ1) is 28.5. The third kappa shape index (κ3) is 43.5. The Kier molecular flexibility index (Phi) is 43.1. The Morgan fingerprint density at radius 2 is 0.724 bits per heavy atom. The summed E-state index contributed by atoms with van der Waals surface area (Å²) in [6.07, 6.45) is 59.8. The van der Waals surface area contributed by atoms with Crippen molar-refractivity contribution < 1.29 is 28.6 Å². The number of hydrogen-bond acceptors (Lipinski definition) is 6. The van der Waals surface area contributed by atoms with Crippen molar-refractivity contribution >= 4 is 17.9 Å². The van der Waals surface area contributed by atoms with E-state index in [4.69, 9.17) is 14.2 Å². The first kappa shape index (κ1) is 54.3. The van der Waals surface area contributed by atoms with E-state index in [1.54, 1.807) is 0 Å². The van der Waals surface area contributed by atoms with E-state index in [1.165, 1.54) is 44.9 Å². The maximum Gasteiger partial charge on any atom is 0.306 e. The highest BCUT2D eigenvalue weighted by molar-refractivity contribution is 5.71. The third-order valence-corrected chi connectivity index (χ3v) is 9.34. The molecule has 1 unspecified atom stereocenters. The highest BCUT2D eigenvalue weighted by atomic mass is 16.6. The Bertz CT molecular complexity index is 1200. The minimum atomic E-state index is -0.811. The molecular weight excluding hydrogens is 721 g/mol. The Hall–Kier alpha value is -3.67. The van der Waals surface area contributed by atoms with Gasteiger partial charge >= 0.3 is 17.9 Å². The van der Waals surface area contributed by atoms with Gasteiger partial charge in [0.15, 0.2) is 6.10 Å². The average molecular weight is 805 g/mol. The van der Waals surface area contributed by atoms with Crippen molar-refractivity contribution in [3.63, 3.8) is 0 Å². The smallest absolute Gasteiger partial charge is 0.306 e. The molecule has 0 bridgehead atoms. The van der Waals surface area contributed by atoms with Gasteiger partial charge in [-0.1, -0.05) is 189 Å². The van der Waals surface area contributed by atoms with Crippen LogP contribution in [0.2, 0.25) is 0 Å². The number of unbranched alkanes of at least 4 members (excludes halogenated alkanes) is 13. The molecule has 0 aromatic carbocycles. The molecule has 0 saturated carbocycles. The van der Waals surface area contributed by atoms with Crippen LogP contribution in [0.1, 0.15) is 194 Å². The van der Waals surface area contributed by atoms with E-state index in [0.29, 0.717) is 19.3 Å². The van der Waals surface area contributed by atoms with E-state index in [9.17, 15) is 14.4 Å². The summed E-state index contributed by atoms with van der Waals surface area (Å²) in [5.74, 6) is -1.03. The van der Waals surface area contributed by atoms with Gasteiger partial charge in [-0.3, -0.25) is 14.4 Å². The van der Waals surface area contributed by atoms with Crippen LogP contribution in [0.15, 0.2) is 97.2 Å². The molecular formula is C52H84O6. The van der Waals surface area contributed by atoms with E-state index >= 15 is 0 Å². The van der Waals surface area contributed by atoms with Crippen LogP contribution < -0.4 is 0 Å². The van der Waals surface area contributed by atoms with Crippen LogP contribution in [0.5, 0.6) is 0 Å². The molecule has 0 radical (unpaired) electrons. The summed E-state index contributed by atoms with van der Waals surface area (Å²) < 4.78 is 16.6. The van der Waals surface area contributed by atoms with Gasteiger partial charge in [0.25, 0.3) is 0 Å². The van der Waals surface area contributed by atoms with E-state index in [0.717, 1.165) is 103 Å². The van der Waals surface area contributed by atoms with Crippen molar-refractivity contribution in [2.45, 2.75) is 200 Å². The lowest BCUT2D eigenvalue weighted by Gasteiger charge is -2.18. The molecule has 6 heteroatoms. The second kappa shape index (κ2) is 46.0. The standard InChI is InChI=1S/C52H84O6/c1-4-7-10-13-16-18-20-22-24-25-26-27-28-30-31-33-36-39-42-45-51(54)57-48-49(47-56-50(53)44-41-38-35-15-12-9-6-3)58-52(55)46-43-40-37-34-32-29-23-21-19-17-14-11-8-5-2/h7,10,14,16-18,21-24,26-27,30-31,36,39,49H,4-6,8-9,11-13,15,19-20,25,28-29,32-35,37-38,40-48H2,1-3H3/b10-7-,17-14-,18-16-,23-21-,24-22-,27-26-,31-30-,39-36-. The molecule has 0 heterocycles. The Labute approximate surface area is 356 Å². The minimum Gasteiger partial charge on any atom is -0.462 e. The van der Waals surface area contributed by atoms with Gasteiger partial charge in [0.05, 0.1) is 0 Å². The lowest BCUT2D eigenvalue weighted by Crippen LogP contribution is -2.30. The van der Waals surface area contributed by atoms with Gasteiger partial charge in [-0.15, -0.1) is 0 Å². The van der Waals surface area contributed by atoms with Gasteiger partial charge in [-0.2, -0.15) is 0 Å². The predicted octanol–water partition coefficient (Wildman–Crippen LogP) is 15.0. The molecule has 0 spiro atoms. The number of rotatable bonds is 40. The molecule has 58 heavy (non-hydrogen) atoms. The van der Waals surface area contributed by atoms with Crippen LogP contribution in [-0.2, 0) is 28.6 Å². The third-order valence-electron chi connectivity index (χ3n) is 9.34. The highest BCUT2D eigenvalue weighted by Gasteiger charge is 2.19. The second-order valence-electron chi connectivity index (χ2n) is 14.9. The van der Waals surface area contributed by atoms with Gasteiger partial charge in [0, 0.05) is 19.3 Å². The van der Waals surface area contributed by atoms with Gasteiger partial charge in [-0.25, -0.2) is 0 Å². The van der Waals surface area contributed by atoms with Crippen molar-refractivity contribution in [1.82, 2.24) is 0 Å². The van der Waals surface area contributed by atoms with Crippen molar-refractivity contribution in [3.05, 3.63) is 97.2 Å². The van der Waals surface area contributed by atoms with Gasteiger partial charge in [0.1, 0.15) is 13.2 Å². The molecule has 6 nitrogen and oxygen atoms in total. The molecule has 0 aliphatic heterocycles. The Morgan fingerprint density at radius 3 is 1.21 bits per heavy atom. The molecule has 0 amide bonds. The number of allylic oxidation sites excluding steroid dienone is 16. The van der Waals surface area contributed by atoms with E-state index < -0.39 is 6.10 Å². The number of hydrogen-bond donors (Lipinski definition) is 0. The molecule has 0 N–H and O–H groups in total. The summed E-state index contributed by atoms with van der Waals surface area (Å²) in [6, 6.07) is 0. The molecule has 0 aliphatic rings. The molecule has 328 valence electrons. The molecule has 0 rings (SSSR count). The first-order valence-corrected chi connectivity index (χ1v) is 23.2. The largest absolute Gasteiger partial charge is 0.462 e. The average Bonchev–Trinajstić information content (AvgIpc) is 3.22. The molecule has 0 saturated heterocycles. The van der Waals surface area contributed by atoms with Crippen LogP contribution in [0.4, 0.5) is 0 Å². The second-order valence-corrected chi connectivity index (χ2v) is 14.9. The van der Waals surface area contributed by atoms with E-state index in [1.807, 2.05) is 12.2 Å². The number of carbonyl (C=O) groups is 3. The lowest BCUT2D eigenvalue weighted by molar-refractivity contribution is -0.166. The highest BCUT2D eigenvalue weighted by Crippen LogP contribution is 2.12. The van der Waals surface area contributed by atoms with Crippen molar-refractivity contribution in [1.29, 1.82) is 0 Å². The summed E-state index contributed by atoms with van der Waals surface area (Å²) >= 11 is 0. The van der Waals surface area contributed by atoms with Crippen LogP contribution >= 0.6 is 0 Å². The fraction of sp³-hybridized carbons (Fsp3) is 0.635. The summed E-state index contributed by atoms with van der Waals surface area (Å²) in [5.41, 5.74) is 0.